The molecule has 0 aliphatic heterocycles. The van der Waals surface area contributed by atoms with E-state index >= 15 is 0 Å². The van der Waals surface area contributed by atoms with Crippen LogP contribution in [0.1, 0.15) is 0 Å². The van der Waals surface area contributed by atoms with Gasteiger partial charge in [-0.1, -0.05) is 0 Å². The van der Waals surface area contributed by atoms with Crippen LogP contribution in [0.15, 0.2) is 0 Å². The second-order valence-corrected chi connectivity index (χ2v) is 1.93. The van der Waals surface area contributed by atoms with Crippen LogP contribution in [0.2, 0.25) is 0 Å². The lowest BCUT2D eigenvalue weighted by Gasteiger charge is -1.69. The lowest BCUT2D eigenvalue weighted by atomic mass is 11.9. The van der Waals surface area contributed by atoms with Crippen molar-refractivity contribution in [3.8, 4) is 0 Å². The molecule has 0 saturated heterocycles. The van der Waals surface area contributed by atoms with E-state index in [-0.39, 0.29) is 0 Å². The molecule has 0 aromatic rings. The first kappa shape index (κ1) is 2.91. The summed E-state index contributed by atoms with van der Waals surface area (Å²) in [5.41, 5.74) is 0. The maximum atomic E-state index is 6.50. The molecule has 0 bridgehead atoms. The molecular weight excluding hydrogens is 88.2 g/mol. The maximum Gasteiger partial charge on any atom is 0.103 e. The summed E-state index contributed by atoms with van der Waals surface area (Å²) in [5.74, 6) is 0. The molecule has 0 amide bonds. The van der Waals surface area contributed by atoms with Crippen molar-refractivity contribution in [1.29, 1.82) is 1.12 Å². The molecule has 0 heterocycles. The molecule has 0 unspecified atom stereocenters. The molecule has 0 N–H and O–H groups in total. The van der Waals surface area contributed by atoms with E-state index in [0.717, 1.165) is 17.6 Å². The molecule has 0 saturated carbocycles. The molecule has 0 rings (SSSR count). The molecule has 2 heteroatoms. The molecule has 0 atom stereocenters. The molecule has 0 radical (unpaired) electrons. The zero-order valence-electron chi connectivity index (χ0n) is 3.52. The number of hydrogen-bond donors (Lipinski definition) is 1. The highest BCUT2D eigenvalue weighted by Crippen LogP contribution is 1.90. The molecule has 0 fully saturated rings. The van der Waals surface area contributed by atoms with E-state index < -0.39 is 0 Å². The maximum absolute atomic E-state index is 6.50. The highest BCUT2D eigenvalue weighted by molar-refractivity contribution is 8.08. The molecule has 0 aromatic carbocycles. The molecular formula is C2H6S2. The molecule has 26 valence electrons. The summed E-state index contributed by atoms with van der Waals surface area (Å²) in [6.45, 7) is 0. The molecule has 4 heavy (non-hydrogen) atoms. The predicted octanol–water partition coefficient (Wildman–Crippen LogP) is 1.24. The zero-order valence-corrected chi connectivity index (χ0v) is 4.16. The van der Waals surface area contributed by atoms with Crippen LogP contribution >= 0.6 is 24.3 Å². The van der Waals surface area contributed by atoms with Gasteiger partial charge in [0.1, 0.15) is 1.12 Å². The average Bonchev–Trinajstić information content (AvgIpc) is 1.41. The summed E-state index contributed by atoms with van der Waals surface area (Å²) in [5, 5.41) is 0.889. The van der Waals surface area contributed by atoms with Gasteiger partial charge < -0.3 is 0 Å². The van der Waals surface area contributed by atoms with Gasteiger partial charge in [0.2, 0.25) is 0 Å². The van der Waals surface area contributed by atoms with Gasteiger partial charge in [0, 0.05) is 5.08 Å². The fraction of sp³-hybridized carbons (Fsp3) is 1.00. The summed E-state index contributed by atoms with van der Waals surface area (Å²) in [6, 6.07) is 0. The van der Waals surface area contributed by atoms with Crippen molar-refractivity contribution in [2.24, 2.45) is 0 Å². The Morgan fingerprint density at radius 2 is 3.25 bits per heavy atom. The van der Waals surface area contributed by atoms with E-state index in [1.54, 1.807) is 11.8 Å². The van der Waals surface area contributed by atoms with Gasteiger partial charge in [0.05, 0.1) is 0 Å². The predicted molar refractivity (Wildman–Crippen MR) is 27.4 cm³/mol. The van der Waals surface area contributed by atoms with Crippen LogP contribution in [0.4, 0.5) is 0 Å². The summed E-state index contributed by atoms with van der Waals surface area (Å²) in [4.78, 5) is 0. The van der Waals surface area contributed by atoms with Gasteiger partial charge in [-0.2, -0.15) is 24.3 Å². The molecule has 0 aliphatic rings. The van der Waals surface area contributed by atoms with E-state index in [9.17, 15) is 0 Å². The van der Waals surface area contributed by atoms with Crippen molar-refractivity contribution in [3.63, 3.8) is 0 Å². The molecule has 0 aliphatic carbocycles. The first-order valence-electron chi connectivity index (χ1n) is 1.39. The van der Waals surface area contributed by atoms with Gasteiger partial charge in [-0.25, -0.2) is 0 Å². The molecule has 0 nitrogen and oxygen atoms in total. The molecule has 0 spiro atoms. The minimum atomic E-state index is 0.889. The Hall–Kier alpha value is 0.700. The summed E-state index contributed by atoms with van der Waals surface area (Å²) in [6.07, 6.45) is 1.99. The highest BCUT2D eigenvalue weighted by atomic mass is 32.2. The van der Waals surface area contributed by atoms with Crippen LogP contribution in [-0.4, -0.2) is 12.5 Å². The van der Waals surface area contributed by atoms with Crippen molar-refractivity contribution in [1.82, 2.24) is 0 Å². The standard InChI is InChI=1S/C2H6S2/c1-4-2-3/h3H,2H2,1H3/i/hD. The first-order valence-corrected chi connectivity index (χ1v) is 2.96. The van der Waals surface area contributed by atoms with E-state index in [0.29, 0.717) is 0 Å². The van der Waals surface area contributed by atoms with Crippen LogP contribution in [0.25, 0.3) is 0 Å². The van der Waals surface area contributed by atoms with E-state index in [1.165, 1.54) is 0 Å². The lowest BCUT2D eigenvalue weighted by molar-refractivity contribution is 2.26. The van der Waals surface area contributed by atoms with Crippen LogP contribution < -0.4 is 0 Å². The van der Waals surface area contributed by atoms with Gasteiger partial charge in [0.25, 0.3) is 0 Å². The van der Waals surface area contributed by atoms with Crippen LogP contribution in [0.3, 0.4) is 0 Å². The van der Waals surface area contributed by atoms with E-state index in [4.69, 9.17) is 1.12 Å². The van der Waals surface area contributed by atoms with Crippen molar-refractivity contribution in [3.05, 3.63) is 0 Å². The summed E-state index contributed by atoms with van der Waals surface area (Å²) >= 11 is 2.79. The fourth-order valence-electron chi connectivity index (χ4n) is 0. The van der Waals surface area contributed by atoms with E-state index in [1.807, 2.05) is 6.26 Å². The Bertz CT molecular complexity index is 15.1. The third-order valence-corrected chi connectivity index (χ3v) is 1.06. The second-order valence-electron chi connectivity index (χ2n) is 0.407. The topological polar surface area (TPSA) is 0 Å². The van der Waals surface area contributed by atoms with Crippen molar-refractivity contribution in [2.45, 2.75) is 0 Å². The average molecular weight is 95.2 g/mol. The Labute approximate surface area is 37.5 Å². The van der Waals surface area contributed by atoms with Crippen molar-refractivity contribution >= 4 is 24.3 Å². The third-order valence-electron chi connectivity index (χ3n) is 0.118. The van der Waals surface area contributed by atoms with Gasteiger partial charge in [-0.05, 0) is 6.26 Å². The number of hydrogen-bond acceptors (Lipinski definition) is 2. The Morgan fingerprint density at radius 3 is 3.25 bits per heavy atom. The first-order chi connectivity index (χ1) is 2.41. The van der Waals surface area contributed by atoms with Crippen molar-refractivity contribution < 1.29 is 0 Å². The molecule has 0 aromatic heterocycles. The number of rotatable bonds is 2. The number of thioether (sulfide) groups is 1. The largest absolute Gasteiger partial charge is 0.168 e. The Balaban J connectivity index is 2.19. The van der Waals surface area contributed by atoms with Crippen molar-refractivity contribution in [2.75, 3.05) is 11.3 Å². The normalized spacial score (nSPS) is 10.8. The smallest absolute Gasteiger partial charge is 0.103 e. The lowest BCUT2D eigenvalue weighted by Crippen LogP contribution is -1.45. The summed E-state index contributed by atoms with van der Waals surface area (Å²) < 4.78 is 6.50. The van der Waals surface area contributed by atoms with Crippen LogP contribution in [0.5, 0.6) is 0 Å². The summed E-state index contributed by atoms with van der Waals surface area (Å²) in [7, 11) is 0. The van der Waals surface area contributed by atoms with Crippen LogP contribution in [0, 0.1) is 0 Å². The fourth-order valence-corrected chi connectivity index (χ4v) is 0. The van der Waals surface area contributed by atoms with Gasteiger partial charge in [-0.15, -0.1) is 0 Å². The minimum Gasteiger partial charge on any atom is -0.168 e. The second kappa shape index (κ2) is 3.70. The Morgan fingerprint density at radius 1 is 2.50 bits per heavy atom. The zero-order chi connectivity index (χ0) is 4.12. The van der Waals surface area contributed by atoms with Gasteiger partial charge in [0.15, 0.2) is 0 Å². The number of thiol groups is 1. The highest BCUT2D eigenvalue weighted by Gasteiger charge is 1.55. The quantitative estimate of drug-likeness (QED) is 0.397. The van der Waals surface area contributed by atoms with Gasteiger partial charge in [-0.3, -0.25) is 0 Å². The minimum absolute atomic E-state index is 0.889. The third kappa shape index (κ3) is 2.70. The monoisotopic (exact) mass is 95.0 g/mol. The van der Waals surface area contributed by atoms with E-state index in [2.05, 4.69) is 0 Å². The SMILES string of the molecule is [2H]SCSC. The van der Waals surface area contributed by atoms with Crippen LogP contribution in [-0.2, 0) is 0 Å². The Kier molecular flexibility index (Phi) is 2.69. The van der Waals surface area contributed by atoms with Gasteiger partial charge >= 0.3 is 0 Å².